The predicted molar refractivity (Wildman–Crippen MR) is 105 cm³/mol. The van der Waals surface area contributed by atoms with Crippen molar-refractivity contribution in [3.05, 3.63) is 77.8 Å². The number of rotatable bonds is 6. The molecule has 0 spiro atoms. The van der Waals surface area contributed by atoms with E-state index in [4.69, 9.17) is 4.74 Å². The summed E-state index contributed by atoms with van der Waals surface area (Å²) < 4.78 is 29.5. The van der Waals surface area contributed by atoms with Crippen LogP contribution in [0.4, 0.5) is 11.4 Å². The molecule has 0 unspecified atom stereocenters. The van der Waals surface area contributed by atoms with Crippen LogP contribution in [0.1, 0.15) is 5.56 Å². The summed E-state index contributed by atoms with van der Waals surface area (Å²) >= 11 is 0.368. The van der Waals surface area contributed by atoms with Gasteiger partial charge in [-0.25, -0.2) is 8.42 Å². The summed E-state index contributed by atoms with van der Waals surface area (Å²) in [5.74, 6) is 0.0461. The van der Waals surface area contributed by atoms with Gasteiger partial charge in [-0.15, -0.1) is 0 Å². The zero-order valence-corrected chi connectivity index (χ0v) is 16.4. The second-order valence-corrected chi connectivity index (χ2v) is 8.84. The predicted octanol–water partition coefficient (Wildman–Crippen LogP) is 3.06. The van der Waals surface area contributed by atoms with Gasteiger partial charge in [0.1, 0.15) is 15.3 Å². The Kier molecular flexibility index (Phi) is 5.31. The average Bonchev–Trinajstić information content (AvgIpc) is 2.66. The summed E-state index contributed by atoms with van der Waals surface area (Å²) in [5.41, 5.74) is -0.802. The van der Waals surface area contributed by atoms with Gasteiger partial charge >= 0.3 is 0 Å². The highest BCUT2D eigenvalue weighted by molar-refractivity contribution is 7.90. The number of hydrogen-bond donors (Lipinski definition) is 0. The van der Waals surface area contributed by atoms with E-state index in [1.807, 2.05) is 0 Å². The molecule has 0 atom stereocenters. The lowest BCUT2D eigenvalue weighted by Gasteiger charge is -2.06. The van der Waals surface area contributed by atoms with Crippen molar-refractivity contribution >= 4 is 42.6 Å². The quantitative estimate of drug-likeness (QED) is 0.423. The maximum absolute atomic E-state index is 12.8. The van der Waals surface area contributed by atoms with E-state index in [1.54, 1.807) is 12.1 Å². The second-order valence-electron chi connectivity index (χ2n) is 5.90. The Hall–Kier alpha value is -3.38. The summed E-state index contributed by atoms with van der Waals surface area (Å²) in [6.07, 6.45) is 0. The van der Waals surface area contributed by atoms with Crippen molar-refractivity contribution in [1.82, 2.24) is 0 Å². The van der Waals surface area contributed by atoms with E-state index in [0.717, 1.165) is 18.2 Å². The monoisotopic (exact) mass is 436 g/mol. The molecule has 1 heterocycles. The highest BCUT2D eigenvalue weighted by Gasteiger charge is 2.25. The molecule has 10 nitrogen and oxygen atoms in total. The van der Waals surface area contributed by atoms with E-state index < -0.39 is 46.4 Å². The van der Waals surface area contributed by atoms with Gasteiger partial charge in [0.25, 0.3) is 16.1 Å². The van der Waals surface area contributed by atoms with Crippen LogP contribution >= 0.6 is 11.3 Å². The highest BCUT2D eigenvalue weighted by atomic mass is 32.2. The molecule has 12 heteroatoms. The Labute approximate surface area is 167 Å². The number of hydrogen-bond acceptors (Lipinski definition) is 9. The van der Waals surface area contributed by atoms with Crippen molar-refractivity contribution in [2.45, 2.75) is 10.6 Å². The first-order chi connectivity index (χ1) is 13.6. The molecule has 0 saturated carbocycles. The van der Waals surface area contributed by atoms with E-state index >= 15 is 0 Å². The molecular weight excluding hydrogens is 424 g/mol. The fraction of sp³-hybridized carbons (Fsp3) is 0.118. The van der Waals surface area contributed by atoms with Crippen molar-refractivity contribution in [3.63, 3.8) is 0 Å². The minimum Gasteiger partial charge on any atom is -0.497 e. The minimum absolute atomic E-state index is 0.0659. The van der Waals surface area contributed by atoms with Crippen LogP contribution in [0.3, 0.4) is 0 Å². The molecule has 29 heavy (non-hydrogen) atoms. The lowest BCUT2D eigenvalue weighted by molar-refractivity contribution is -0.392. The van der Waals surface area contributed by atoms with E-state index in [0.29, 0.717) is 22.6 Å². The zero-order valence-electron chi connectivity index (χ0n) is 14.7. The molecule has 0 N–H and O–H groups in total. The molecule has 1 aromatic heterocycles. The number of nitro benzene ring substituents is 2. The number of benzene rings is 2. The lowest BCUT2D eigenvalue weighted by Crippen LogP contribution is -2.14. The number of methoxy groups -OCH3 is 1. The molecule has 0 aliphatic heterocycles. The van der Waals surface area contributed by atoms with Crippen LogP contribution in [0, 0.1) is 20.2 Å². The largest absolute Gasteiger partial charge is 0.497 e. The van der Waals surface area contributed by atoms with Crippen molar-refractivity contribution < 1.29 is 23.0 Å². The molecular formula is C17H12N2O8S2. The van der Waals surface area contributed by atoms with Gasteiger partial charge in [-0.05, 0) is 23.8 Å². The third kappa shape index (κ3) is 4.07. The molecule has 0 saturated heterocycles. The molecule has 0 aliphatic carbocycles. The first-order valence-corrected chi connectivity index (χ1v) is 10.4. The Morgan fingerprint density at radius 3 is 2.24 bits per heavy atom. The first kappa shape index (κ1) is 20.4. The van der Waals surface area contributed by atoms with E-state index in [1.165, 1.54) is 19.2 Å². The van der Waals surface area contributed by atoms with Crippen LogP contribution in [-0.4, -0.2) is 25.4 Å². The molecule has 0 bridgehead atoms. The molecule has 0 amide bonds. The average molecular weight is 436 g/mol. The van der Waals surface area contributed by atoms with Gasteiger partial charge in [-0.1, -0.05) is 23.5 Å². The Morgan fingerprint density at radius 2 is 1.69 bits per heavy atom. The summed E-state index contributed by atoms with van der Waals surface area (Å²) in [7, 11) is -2.64. The molecule has 3 rings (SSSR count). The van der Waals surface area contributed by atoms with E-state index in [2.05, 4.69) is 0 Å². The maximum atomic E-state index is 12.8. The standard InChI is InChI=1S/C17H12N2O8S2/c1-27-13-4-2-10(3-5-13)9-29(25,26)15-7-11-6-12(18(21)22)8-14(19(23)24)16(11)28-17(15)20/h2-8H,9H2,1H3. The van der Waals surface area contributed by atoms with Crippen LogP contribution < -0.4 is 9.48 Å². The van der Waals surface area contributed by atoms with Gasteiger partial charge in [0.05, 0.1) is 28.8 Å². The molecule has 0 fully saturated rings. The Bertz CT molecular complexity index is 1300. The number of fused-ring (bicyclic) bond motifs is 1. The third-order valence-electron chi connectivity index (χ3n) is 4.02. The van der Waals surface area contributed by atoms with Crippen molar-refractivity contribution in [2.75, 3.05) is 7.11 Å². The Morgan fingerprint density at radius 1 is 1.03 bits per heavy atom. The van der Waals surface area contributed by atoms with Crippen molar-refractivity contribution in [2.24, 2.45) is 0 Å². The number of non-ortho nitro benzene ring substituents is 2. The fourth-order valence-corrected chi connectivity index (χ4v) is 5.33. The van der Waals surface area contributed by atoms with Crippen LogP contribution in [-0.2, 0) is 15.6 Å². The van der Waals surface area contributed by atoms with Crippen LogP contribution in [0.15, 0.2) is 52.2 Å². The van der Waals surface area contributed by atoms with Crippen LogP contribution in [0.25, 0.3) is 10.1 Å². The second kappa shape index (κ2) is 7.56. The van der Waals surface area contributed by atoms with Crippen molar-refractivity contribution in [1.29, 1.82) is 0 Å². The van der Waals surface area contributed by atoms with Gasteiger partial charge in [-0.3, -0.25) is 25.0 Å². The molecule has 0 radical (unpaired) electrons. The van der Waals surface area contributed by atoms with Gasteiger partial charge < -0.3 is 4.74 Å². The summed E-state index contributed by atoms with van der Waals surface area (Å²) in [6, 6.07) is 8.89. The summed E-state index contributed by atoms with van der Waals surface area (Å²) in [6.45, 7) is 0. The normalized spacial score (nSPS) is 11.3. The summed E-state index contributed by atoms with van der Waals surface area (Å²) in [5, 5.41) is 22.2. The third-order valence-corrected chi connectivity index (χ3v) is 6.89. The maximum Gasteiger partial charge on any atom is 0.294 e. The smallest absolute Gasteiger partial charge is 0.294 e. The first-order valence-electron chi connectivity index (χ1n) is 7.89. The van der Waals surface area contributed by atoms with Gasteiger partial charge in [-0.2, -0.15) is 0 Å². The fourth-order valence-electron chi connectivity index (χ4n) is 2.66. The van der Waals surface area contributed by atoms with Crippen LogP contribution in [0.5, 0.6) is 5.75 Å². The zero-order chi connectivity index (χ0) is 21.3. The van der Waals surface area contributed by atoms with E-state index in [9.17, 15) is 33.4 Å². The highest BCUT2D eigenvalue weighted by Crippen LogP contribution is 2.34. The summed E-state index contributed by atoms with van der Waals surface area (Å²) in [4.78, 5) is 32.5. The molecule has 150 valence electrons. The number of nitrogens with zero attached hydrogens (tertiary/aromatic N) is 2. The number of nitro groups is 2. The lowest BCUT2D eigenvalue weighted by atomic mass is 10.2. The number of ether oxygens (including phenoxy) is 1. The molecule has 3 aromatic rings. The Balaban J connectivity index is 2.15. The molecule has 2 aromatic carbocycles. The van der Waals surface area contributed by atoms with Gasteiger partial charge in [0.15, 0.2) is 9.84 Å². The SMILES string of the molecule is COc1ccc(CS(=O)(=O)c2cc3cc([N+](=O)[O-])cc([N+](=O)[O-])c3sc2=O)cc1. The van der Waals surface area contributed by atoms with Gasteiger partial charge in [0.2, 0.25) is 0 Å². The minimum atomic E-state index is -4.10. The topological polar surface area (TPSA) is 147 Å². The van der Waals surface area contributed by atoms with E-state index in [-0.39, 0.29) is 10.1 Å². The van der Waals surface area contributed by atoms with Gasteiger partial charge in [0, 0.05) is 11.5 Å². The number of sulfone groups is 1. The van der Waals surface area contributed by atoms with Crippen LogP contribution in [0.2, 0.25) is 0 Å². The molecule has 0 aliphatic rings. The van der Waals surface area contributed by atoms with Crippen molar-refractivity contribution in [3.8, 4) is 5.75 Å².